The van der Waals surface area contributed by atoms with Gasteiger partial charge in [0.1, 0.15) is 0 Å². The summed E-state index contributed by atoms with van der Waals surface area (Å²) >= 11 is 0. The monoisotopic (exact) mass is 175 g/mol. The molecule has 0 heterocycles. The van der Waals surface area contributed by atoms with Gasteiger partial charge in [-0.15, -0.1) is 6.58 Å². The van der Waals surface area contributed by atoms with Gasteiger partial charge in [0.25, 0.3) is 0 Å². The van der Waals surface area contributed by atoms with Crippen LogP contribution < -0.4 is 5.32 Å². The first-order valence-corrected chi connectivity index (χ1v) is 4.13. The summed E-state index contributed by atoms with van der Waals surface area (Å²) in [6.45, 7) is 5.61. The lowest BCUT2D eigenvalue weighted by Crippen LogP contribution is -2.36. The van der Waals surface area contributed by atoms with Crippen molar-refractivity contribution in [3.8, 4) is 0 Å². The molecule has 1 N–H and O–H groups in total. The summed E-state index contributed by atoms with van der Waals surface area (Å²) in [6, 6.07) is 9.72. The van der Waals surface area contributed by atoms with Crippen LogP contribution in [-0.2, 0) is 10.3 Å². The van der Waals surface area contributed by atoms with Crippen molar-refractivity contribution in [2.45, 2.75) is 12.5 Å². The molecule has 1 rings (SSSR count). The van der Waals surface area contributed by atoms with Crippen molar-refractivity contribution in [1.82, 2.24) is 5.32 Å². The summed E-state index contributed by atoms with van der Waals surface area (Å²) < 4.78 is 0. The van der Waals surface area contributed by atoms with Crippen molar-refractivity contribution in [1.29, 1.82) is 0 Å². The Labute approximate surface area is 78.3 Å². The zero-order valence-corrected chi connectivity index (χ0v) is 7.66. The van der Waals surface area contributed by atoms with E-state index in [1.54, 1.807) is 6.08 Å². The normalized spacial score (nSPS) is 14.2. The molecule has 0 spiro atoms. The molecule has 2 nitrogen and oxygen atoms in total. The maximum Gasteiger partial charge on any atom is 0.208 e. The summed E-state index contributed by atoms with van der Waals surface area (Å²) in [5.41, 5.74) is 0.556. The molecule has 1 aromatic carbocycles. The fraction of sp³-hybridized carbons (Fsp3) is 0.182. The Hall–Kier alpha value is -1.57. The van der Waals surface area contributed by atoms with Gasteiger partial charge in [0.15, 0.2) is 0 Å². The zero-order chi connectivity index (χ0) is 9.73. The summed E-state index contributed by atoms with van der Waals surface area (Å²) in [4.78, 5) is 10.4. The van der Waals surface area contributed by atoms with Gasteiger partial charge in [-0.05, 0) is 12.5 Å². The van der Waals surface area contributed by atoms with E-state index >= 15 is 0 Å². The lowest BCUT2D eigenvalue weighted by Gasteiger charge is -2.25. The molecule has 0 saturated heterocycles. The van der Waals surface area contributed by atoms with E-state index in [0.29, 0.717) is 6.41 Å². The average Bonchev–Trinajstić information content (AvgIpc) is 2.19. The third kappa shape index (κ3) is 1.96. The molecule has 1 unspecified atom stereocenters. The highest BCUT2D eigenvalue weighted by molar-refractivity contribution is 5.50. The molecule has 1 aromatic rings. The van der Waals surface area contributed by atoms with Crippen LogP contribution >= 0.6 is 0 Å². The van der Waals surface area contributed by atoms with E-state index in [0.717, 1.165) is 5.56 Å². The van der Waals surface area contributed by atoms with Gasteiger partial charge in [-0.25, -0.2) is 0 Å². The third-order valence-electron chi connectivity index (χ3n) is 2.14. The van der Waals surface area contributed by atoms with E-state index in [1.807, 2.05) is 37.3 Å². The van der Waals surface area contributed by atoms with Crippen LogP contribution in [0.25, 0.3) is 0 Å². The summed E-state index contributed by atoms with van der Waals surface area (Å²) in [7, 11) is 0. The van der Waals surface area contributed by atoms with Crippen LogP contribution in [0.2, 0.25) is 0 Å². The van der Waals surface area contributed by atoms with Gasteiger partial charge in [-0.2, -0.15) is 0 Å². The average molecular weight is 175 g/mol. The second-order valence-electron chi connectivity index (χ2n) is 3.03. The van der Waals surface area contributed by atoms with Crippen molar-refractivity contribution < 1.29 is 4.79 Å². The summed E-state index contributed by atoms with van der Waals surface area (Å²) in [6.07, 6.45) is 2.41. The van der Waals surface area contributed by atoms with Crippen molar-refractivity contribution >= 4 is 6.41 Å². The zero-order valence-electron chi connectivity index (χ0n) is 7.66. The fourth-order valence-electron chi connectivity index (χ4n) is 1.17. The lowest BCUT2D eigenvalue weighted by atomic mass is 9.92. The van der Waals surface area contributed by atoms with Crippen LogP contribution in [0.15, 0.2) is 43.0 Å². The molecular weight excluding hydrogens is 162 g/mol. The number of carbonyl (C=O) groups excluding carboxylic acids is 1. The van der Waals surface area contributed by atoms with E-state index in [1.165, 1.54) is 0 Å². The van der Waals surface area contributed by atoms with Gasteiger partial charge in [0, 0.05) is 0 Å². The van der Waals surface area contributed by atoms with Crippen LogP contribution in [-0.4, -0.2) is 6.41 Å². The number of hydrogen-bond donors (Lipinski definition) is 1. The maximum atomic E-state index is 10.4. The Bertz CT molecular complexity index is 294. The molecule has 0 aliphatic carbocycles. The molecule has 2 heteroatoms. The van der Waals surface area contributed by atoms with Gasteiger partial charge in [0.05, 0.1) is 5.54 Å². The Kier molecular flexibility index (Phi) is 2.85. The fourth-order valence-corrected chi connectivity index (χ4v) is 1.17. The molecule has 0 radical (unpaired) electrons. The molecule has 0 aliphatic heterocycles. The predicted molar refractivity (Wildman–Crippen MR) is 53.2 cm³/mol. The predicted octanol–water partition coefficient (Wildman–Crippen LogP) is 1.83. The highest BCUT2D eigenvalue weighted by Crippen LogP contribution is 2.20. The highest BCUT2D eigenvalue weighted by atomic mass is 16.1. The molecule has 0 saturated carbocycles. The van der Waals surface area contributed by atoms with Crippen LogP contribution in [0.5, 0.6) is 0 Å². The standard InChI is InChI=1S/C11H13NO/c1-3-11(2,12-9-13)10-7-5-4-6-8-10/h3-9H,1H2,2H3,(H,12,13). The van der Waals surface area contributed by atoms with Gasteiger partial charge in [-0.1, -0.05) is 36.4 Å². The minimum Gasteiger partial charge on any atom is -0.346 e. The number of benzene rings is 1. The van der Waals surface area contributed by atoms with E-state index in [4.69, 9.17) is 0 Å². The van der Waals surface area contributed by atoms with E-state index in [-0.39, 0.29) is 0 Å². The summed E-state index contributed by atoms with van der Waals surface area (Å²) in [5.74, 6) is 0. The summed E-state index contributed by atoms with van der Waals surface area (Å²) in [5, 5.41) is 2.73. The van der Waals surface area contributed by atoms with E-state index < -0.39 is 5.54 Å². The van der Waals surface area contributed by atoms with Gasteiger partial charge in [-0.3, -0.25) is 4.79 Å². The third-order valence-corrected chi connectivity index (χ3v) is 2.14. The lowest BCUT2D eigenvalue weighted by molar-refractivity contribution is -0.110. The molecule has 68 valence electrons. The second kappa shape index (κ2) is 3.90. The van der Waals surface area contributed by atoms with Gasteiger partial charge in [0.2, 0.25) is 6.41 Å². The molecule has 0 aromatic heterocycles. The van der Waals surface area contributed by atoms with Crippen molar-refractivity contribution in [2.75, 3.05) is 0 Å². The first kappa shape index (κ1) is 9.52. The van der Waals surface area contributed by atoms with Crippen LogP contribution in [0.4, 0.5) is 0 Å². The van der Waals surface area contributed by atoms with Gasteiger partial charge >= 0.3 is 0 Å². The molecule has 0 bridgehead atoms. The van der Waals surface area contributed by atoms with Gasteiger partial charge < -0.3 is 5.32 Å². The minimum atomic E-state index is -0.469. The first-order chi connectivity index (χ1) is 6.23. The number of carbonyl (C=O) groups is 1. The number of amides is 1. The Morgan fingerprint density at radius 2 is 2.00 bits per heavy atom. The van der Waals surface area contributed by atoms with Crippen LogP contribution in [0, 0.1) is 0 Å². The van der Waals surface area contributed by atoms with E-state index in [9.17, 15) is 4.79 Å². The Balaban J connectivity index is 3.02. The SMILES string of the molecule is C=CC(C)(NC=O)c1ccccc1. The minimum absolute atomic E-state index is 0.469. The van der Waals surface area contributed by atoms with E-state index in [2.05, 4.69) is 11.9 Å². The molecule has 1 amide bonds. The van der Waals surface area contributed by atoms with Crippen molar-refractivity contribution in [2.24, 2.45) is 0 Å². The molecular formula is C11H13NO. The van der Waals surface area contributed by atoms with Crippen LogP contribution in [0.1, 0.15) is 12.5 Å². The molecule has 13 heavy (non-hydrogen) atoms. The number of hydrogen-bond acceptors (Lipinski definition) is 1. The molecule has 0 fully saturated rings. The molecule has 0 aliphatic rings. The second-order valence-corrected chi connectivity index (χ2v) is 3.03. The number of nitrogens with one attached hydrogen (secondary N) is 1. The maximum absolute atomic E-state index is 10.4. The van der Waals surface area contributed by atoms with Crippen molar-refractivity contribution in [3.05, 3.63) is 48.6 Å². The Morgan fingerprint density at radius 3 is 2.46 bits per heavy atom. The first-order valence-electron chi connectivity index (χ1n) is 4.13. The Morgan fingerprint density at radius 1 is 1.38 bits per heavy atom. The van der Waals surface area contributed by atoms with Crippen LogP contribution in [0.3, 0.4) is 0 Å². The topological polar surface area (TPSA) is 29.1 Å². The largest absolute Gasteiger partial charge is 0.346 e. The quantitative estimate of drug-likeness (QED) is 0.549. The highest BCUT2D eigenvalue weighted by Gasteiger charge is 2.20. The number of rotatable bonds is 4. The van der Waals surface area contributed by atoms with Crippen molar-refractivity contribution in [3.63, 3.8) is 0 Å². The molecule has 1 atom stereocenters. The smallest absolute Gasteiger partial charge is 0.208 e.